The minimum Gasteiger partial charge on any atom is -0.459 e. The van der Waals surface area contributed by atoms with E-state index in [0.717, 1.165) is 4.91 Å². The molecule has 2 aliphatic heterocycles. The highest BCUT2D eigenvalue weighted by Crippen LogP contribution is 2.50. The highest BCUT2D eigenvalue weighted by molar-refractivity contribution is 9.09. The van der Waals surface area contributed by atoms with Gasteiger partial charge in [0.1, 0.15) is 17.7 Å². The minimum absolute atomic E-state index is 0.0178. The van der Waals surface area contributed by atoms with E-state index in [1.165, 1.54) is 0 Å². The highest BCUT2D eigenvalue weighted by atomic mass is 79.9. The summed E-state index contributed by atoms with van der Waals surface area (Å²) in [7, 11) is 1.31. The molecule has 0 aromatic rings. The SMILES string of the molecule is CC(C)(C)[Si](C)(C)OCCOC(=O)C1=C(CBr)SS[C@@H]2CC(=O)N12. The Hall–Kier alpha value is 0.0369. The fourth-order valence-electron chi connectivity index (χ4n) is 2.03. The van der Waals surface area contributed by atoms with Crippen molar-refractivity contribution in [2.24, 2.45) is 0 Å². The van der Waals surface area contributed by atoms with Crippen molar-refractivity contribution in [3.8, 4) is 0 Å². The summed E-state index contributed by atoms with van der Waals surface area (Å²) in [6.07, 6.45) is 0.485. The van der Waals surface area contributed by atoms with E-state index in [2.05, 4.69) is 49.8 Å². The fourth-order valence-corrected chi connectivity index (χ4v) is 6.73. The van der Waals surface area contributed by atoms with Crippen LogP contribution in [-0.4, -0.2) is 49.0 Å². The second-order valence-corrected chi connectivity index (χ2v) is 15.1. The topological polar surface area (TPSA) is 55.8 Å². The van der Waals surface area contributed by atoms with Crippen molar-refractivity contribution in [2.45, 2.75) is 50.7 Å². The van der Waals surface area contributed by atoms with Crippen LogP contribution in [0.4, 0.5) is 0 Å². The molecule has 5 nitrogen and oxygen atoms in total. The number of hydrogen-bond acceptors (Lipinski definition) is 6. The molecule has 1 atom stereocenters. The number of carbonyl (C=O) groups excluding carboxylic acids is 2. The third-order valence-corrected chi connectivity index (χ3v) is 12.8. The Bertz CT molecular complexity index is 562. The molecule has 1 amide bonds. The van der Waals surface area contributed by atoms with E-state index in [1.807, 2.05) is 0 Å². The van der Waals surface area contributed by atoms with Crippen LogP contribution in [0.1, 0.15) is 27.2 Å². The Morgan fingerprint density at radius 2 is 2.04 bits per heavy atom. The van der Waals surface area contributed by atoms with Gasteiger partial charge in [-0.05, 0) is 18.1 Å². The molecule has 136 valence electrons. The molecule has 2 rings (SSSR count). The summed E-state index contributed by atoms with van der Waals surface area (Å²) in [5.41, 5.74) is 0.393. The van der Waals surface area contributed by atoms with E-state index in [1.54, 1.807) is 26.5 Å². The first kappa shape index (κ1) is 20.4. The first-order valence-electron chi connectivity index (χ1n) is 7.84. The quantitative estimate of drug-likeness (QED) is 0.150. The van der Waals surface area contributed by atoms with Gasteiger partial charge in [-0.3, -0.25) is 9.69 Å². The summed E-state index contributed by atoms with van der Waals surface area (Å²) in [5.74, 6) is -0.454. The number of fused-ring (bicyclic) bond motifs is 1. The van der Waals surface area contributed by atoms with E-state index in [0.29, 0.717) is 24.1 Å². The third-order valence-electron chi connectivity index (χ3n) is 4.57. The predicted octanol–water partition coefficient (Wildman–Crippen LogP) is 4.11. The smallest absolute Gasteiger partial charge is 0.356 e. The van der Waals surface area contributed by atoms with Crippen molar-refractivity contribution >= 4 is 57.7 Å². The van der Waals surface area contributed by atoms with Crippen LogP contribution in [0.5, 0.6) is 0 Å². The van der Waals surface area contributed by atoms with Crippen LogP contribution in [0, 0.1) is 0 Å². The molecule has 0 aliphatic carbocycles. The summed E-state index contributed by atoms with van der Waals surface area (Å²) < 4.78 is 11.4. The largest absolute Gasteiger partial charge is 0.459 e. The molecule has 24 heavy (non-hydrogen) atoms. The number of nitrogens with zero attached hydrogens (tertiary/aromatic N) is 1. The highest BCUT2D eigenvalue weighted by Gasteiger charge is 2.46. The molecule has 0 saturated carbocycles. The number of carbonyl (C=O) groups is 2. The Kier molecular flexibility index (Phi) is 6.56. The van der Waals surface area contributed by atoms with Gasteiger partial charge < -0.3 is 9.16 Å². The number of alkyl halides is 1. The van der Waals surface area contributed by atoms with Crippen molar-refractivity contribution in [1.82, 2.24) is 4.90 Å². The van der Waals surface area contributed by atoms with Gasteiger partial charge in [0.05, 0.1) is 13.0 Å². The van der Waals surface area contributed by atoms with Gasteiger partial charge in [-0.15, -0.1) is 0 Å². The zero-order chi connectivity index (χ0) is 18.1. The fraction of sp³-hybridized carbons (Fsp3) is 0.733. The molecule has 2 heterocycles. The first-order chi connectivity index (χ1) is 11.1. The molecule has 1 fully saturated rings. The summed E-state index contributed by atoms with van der Waals surface area (Å²) in [5, 5.41) is 0.708. The van der Waals surface area contributed by atoms with Gasteiger partial charge in [-0.1, -0.05) is 58.3 Å². The number of β-lactam (4-membered cyclic amide) rings is 1. The predicted molar refractivity (Wildman–Crippen MR) is 105 cm³/mol. The molecule has 9 heteroatoms. The Morgan fingerprint density at radius 1 is 1.38 bits per heavy atom. The molecule has 2 aliphatic rings. The van der Waals surface area contributed by atoms with E-state index in [9.17, 15) is 9.59 Å². The number of esters is 1. The second-order valence-electron chi connectivity index (χ2n) is 7.25. The molecule has 0 radical (unpaired) electrons. The van der Waals surface area contributed by atoms with Crippen LogP contribution >= 0.6 is 37.5 Å². The van der Waals surface area contributed by atoms with Crippen molar-refractivity contribution in [3.05, 3.63) is 10.6 Å². The molecule has 0 N–H and O–H groups in total. The van der Waals surface area contributed by atoms with Crippen LogP contribution in [-0.2, 0) is 18.8 Å². The maximum Gasteiger partial charge on any atom is 0.356 e. The van der Waals surface area contributed by atoms with Gasteiger partial charge in [0.25, 0.3) is 0 Å². The summed E-state index contributed by atoms with van der Waals surface area (Å²) in [4.78, 5) is 26.7. The first-order valence-corrected chi connectivity index (χ1v) is 14.1. The van der Waals surface area contributed by atoms with E-state index < -0.39 is 14.3 Å². The molecular formula is C15H24BrNO4S2Si. The van der Waals surface area contributed by atoms with Crippen LogP contribution in [0.15, 0.2) is 10.6 Å². The second kappa shape index (κ2) is 7.73. The van der Waals surface area contributed by atoms with Crippen molar-refractivity contribution in [1.29, 1.82) is 0 Å². The lowest BCUT2D eigenvalue weighted by Gasteiger charge is -2.43. The van der Waals surface area contributed by atoms with Crippen molar-refractivity contribution < 1.29 is 18.8 Å². The summed E-state index contributed by atoms with van der Waals surface area (Å²) in [6.45, 7) is 11.4. The van der Waals surface area contributed by atoms with Gasteiger partial charge in [-0.2, -0.15) is 0 Å². The van der Waals surface area contributed by atoms with Crippen molar-refractivity contribution in [2.75, 3.05) is 18.5 Å². The van der Waals surface area contributed by atoms with Crippen LogP contribution in [0.25, 0.3) is 0 Å². The summed E-state index contributed by atoms with van der Waals surface area (Å²) in [6, 6.07) is 0. The lowest BCUT2D eigenvalue weighted by Crippen LogP contribution is -2.53. The lowest BCUT2D eigenvalue weighted by atomic mass is 10.1. The number of rotatable bonds is 6. The normalized spacial score (nSPS) is 21.5. The molecule has 0 aromatic carbocycles. The monoisotopic (exact) mass is 453 g/mol. The Balaban J connectivity index is 1.92. The molecule has 1 saturated heterocycles. The molecule has 0 spiro atoms. The third kappa shape index (κ3) is 4.23. The van der Waals surface area contributed by atoms with Crippen molar-refractivity contribution in [3.63, 3.8) is 0 Å². The number of halogens is 1. The zero-order valence-electron chi connectivity index (χ0n) is 14.7. The van der Waals surface area contributed by atoms with Crippen LogP contribution < -0.4 is 0 Å². The van der Waals surface area contributed by atoms with Gasteiger partial charge >= 0.3 is 5.97 Å². The van der Waals surface area contributed by atoms with Crippen LogP contribution in [0.2, 0.25) is 18.1 Å². The maximum atomic E-state index is 12.5. The number of allylic oxidation sites excluding steroid dienone is 1. The maximum absolute atomic E-state index is 12.5. The van der Waals surface area contributed by atoms with E-state index in [-0.39, 0.29) is 22.9 Å². The van der Waals surface area contributed by atoms with Gasteiger partial charge in [0.2, 0.25) is 5.91 Å². The standard InChI is InChI=1S/C15H24BrNO4S2Si/c1-15(2,3)24(4,5)21-7-6-20-14(19)13-10(9-16)22-23-12-8-11(18)17(12)13/h12H,6-9H2,1-5H3/t12-/m1/s1. The van der Waals surface area contributed by atoms with E-state index >= 15 is 0 Å². The molecular weight excluding hydrogens is 430 g/mol. The molecule has 0 unspecified atom stereocenters. The minimum atomic E-state index is -1.84. The van der Waals surface area contributed by atoms with Gasteiger partial charge in [0.15, 0.2) is 8.32 Å². The van der Waals surface area contributed by atoms with E-state index in [4.69, 9.17) is 9.16 Å². The van der Waals surface area contributed by atoms with Gasteiger partial charge in [0, 0.05) is 10.2 Å². The average molecular weight is 454 g/mol. The molecule has 0 bridgehead atoms. The summed E-state index contributed by atoms with van der Waals surface area (Å²) >= 11 is 3.38. The Morgan fingerprint density at radius 3 is 2.58 bits per heavy atom. The zero-order valence-corrected chi connectivity index (χ0v) is 18.9. The average Bonchev–Trinajstić information content (AvgIpc) is 2.48. The molecule has 0 aromatic heterocycles. The number of hydrogen-bond donors (Lipinski definition) is 0. The lowest BCUT2D eigenvalue weighted by molar-refractivity contribution is -0.149. The number of ether oxygens (including phenoxy) is 1. The van der Waals surface area contributed by atoms with Crippen LogP contribution in [0.3, 0.4) is 0 Å². The number of amides is 1. The Labute approximate surface area is 160 Å². The van der Waals surface area contributed by atoms with Gasteiger partial charge in [-0.25, -0.2) is 4.79 Å².